The topological polar surface area (TPSA) is 33.0 Å². The van der Waals surface area contributed by atoms with Gasteiger partial charge >= 0.3 is 0 Å². The summed E-state index contributed by atoms with van der Waals surface area (Å²) >= 11 is 13.6. The molecule has 102 valence electrons. The fourth-order valence-corrected chi connectivity index (χ4v) is 2.75. The van der Waals surface area contributed by atoms with Crippen molar-refractivity contribution in [3.8, 4) is 17.6 Å². The highest BCUT2D eigenvalue weighted by atomic mass is 35.5. The lowest BCUT2D eigenvalue weighted by atomic mass is 10.2. The van der Waals surface area contributed by atoms with E-state index in [0.29, 0.717) is 27.1 Å². The molecule has 0 fully saturated rings. The standard InChI is InChI=1S/C15H11Cl2NOS/c1-2-20-15-5-3-4-13(11(15)9-18)19-14-8-10(16)6-7-12(14)17/h3-8H,2H2,1H3. The molecule has 0 radical (unpaired) electrons. The van der Waals surface area contributed by atoms with Gasteiger partial charge in [-0.25, -0.2) is 0 Å². The van der Waals surface area contributed by atoms with E-state index in [1.165, 1.54) is 0 Å². The molecule has 2 aromatic carbocycles. The van der Waals surface area contributed by atoms with Gasteiger partial charge in [0.15, 0.2) is 0 Å². The van der Waals surface area contributed by atoms with Gasteiger partial charge in [0.2, 0.25) is 0 Å². The summed E-state index contributed by atoms with van der Waals surface area (Å²) in [5.41, 5.74) is 0.510. The molecule has 0 N–H and O–H groups in total. The van der Waals surface area contributed by atoms with E-state index >= 15 is 0 Å². The van der Waals surface area contributed by atoms with Crippen LogP contribution in [0, 0.1) is 11.3 Å². The van der Waals surface area contributed by atoms with Gasteiger partial charge in [0, 0.05) is 16.0 Å². The maximum Gasteiger partial charge on any atom is 0.147 e. The molecular weight excluding hydrogens is 313 g/mol. The van der Waals surface area contributed by atoms with E-state index in [1.54, 1.807) is 36.0 Å². The van der Waals surface area contributed by atoms with E-state index < -0.39 is 0 Å². The van der Waals surface area contributed by atoms with Gasteiger partial charge in [-0.15, -0.1) is 11.8 Å². The number of ether oxygens (including phenoxy) is 1. The molecule has 0 amide bonds. The van der Waals surface area contributed by atoms with Crippen molar-refractivity contribution in [2.75, 3.05) is 5.75 Å². The molecule has 2 nitrogen and oxygen atoms in total. The molecule has 0 bridgehead atoms. The minimum Gasteiger partial charge on any atom is -0.454 e. The number of nitriles is 1. The van der Waals surface area contributed by atoms with E-state index in [9.17, 15) is 5.26 Å². The van der Waals surface area contributed by atoms with Gasteiger partial charge in [0.1, 0.15) is 23.1 Å². The Bertz CT molecular complexity index is 667. The van der Waals surface area contributed by atoms with Gasteiger partial charge in [0.25, 0.3) is 0 Å². The molecule has 2 rings (SSSR count). The number of hydrogen-bond acceptors (Lipinski definition) is 3. The molecular formula is C15H11Cl2NOS. The molecule has 0 aromatic heterocycles. The van der Waals surface area contributed by atoms with Crippen LogP contribution in [0.2, 0.25) is 10.0 Å². The molecule has 0 atom stereocenters. The first-order valence-electron chi connectivity index (χ1n) is 5.94. The SMILES string of the molecule is CCSc1cccc(Oc2cc(Cl)ccc2Cl)c1C#N. The Hall–Kier alpha value is -1.34. The van der Waals surface area contributed by atoms with Gasteiger partial charge in [-0.05, 0) is 30.0 Å². The fraction of sp³-hybridized carbons (Fsp3) is 0.133. The van der Waals surface area contributed by atoms with E-state index in [-0.39, 0.29) is 0 Å². The first-order chi connectivity index (χ1) is 9.65. The third-order valence-electron chi connectivity index (χ3n) is 2.51. The van der Waals surface area contributed by atoms with Crippen LogP contribution in [0.3, 0.4) is 0 Å². The third-order valence-corrected chi connectivity index (χ3v) is 4.00. The Balaban J connectivity index is 2.41. The summed E-state index contributed by atoms with van der Waals surface area (Å²) < 4.78 is 5.75. The maximum atomic E-state index is 9.33. The van der Waals surface area contributed by atoms with E-state index in [4.69, 9.17) is 27.9 Å². The molecule has 5 heteroatoms. The second kappa shape index (κ2) is 6.90. The highest BCUT2D eigenvalue weighted by Gasteiger charge is 2.12. The van der Waals surface area contributed by atoms with Crippen molar-refractivity contribution in [2.24, 2.45) is 0 Å². The van der Waals surface area contributed by atoms with Crippen molar-refractivity contribution in [1.82, 2.24) is 0 Å². The summed E-state index contributed by atoms with van der Waals surface area (Å²) in [7, 11) is 0. The summed E-state index contributed by atoms with van der Waals surface area (Å²) in [5, 5.41) is 10.3. The summed E-state index contributed by atoms with van der Waals surface area (Å²) in [6, 6.07) is 12.7. The molecule has 0 saturated heterocycles. The van der Waals surface area contributed by atoms with E-state index in [2.05, 4.69) is 6.07 Å². The molecule has 0 aliphatic rings. The Kier molecular flexibility index (Phi) is 5.19. The van der Waals surface area contributed by atoms with Crippen LogP contribution in [0.25, 0.3) is 0 Å². The number of nitrogens with zero attached hydrogens (tertiary/aromatic N) is 1. The molecule has 0 aliphatic carbocycles. The van der Waals surface area contributed by atoms with Gasteiger partial charge in [-0.2, -0.15) is 5.26 Å². The van der Waals surface area contributed by atoms with Gasteiger partial charge < -0.3 is 4.74 Å². The molecule has 20 heavy (non-hydrogen) atoms. The Morgan fingerprint density at radius 2 is 2.00 bits per heavy atom. The normalized spacial score (nSPS) is 10.1. The number of rotatable bonds is 4. The summed E-state index contributed by atoms with van der Waals surface area (Å²) in [6.45, 7) is 2.03. The fourth-order valence-electron chi connectivity index (χ4n) is 1.66. The van der Waals surface area contributed by atoms with Crippen molar-refractivity contribution >= 4 is 35.0 Å². The predicted molar refractivity (Wildman–Crippen MR) is 84.1 cm³/mol. The van der Waals surface area contributed by atoms with Crippen LogP contribution in [0.1, 0.15) is 12.5 Å². The van der Waals surface area contributed by atoms with Crippen LogP contribution in [0.15, 0.2) is 41.3 Å². The van der Waals surface area contributed by atoms with E-state index in [1.807, 2.05) is 19.1 Å². The number of thioether (sulfide) groups is 1. The van der Waals surface area contributed by atoms with E-state index in [0.717, 1.165) is 10.6 Å². The lowest BCUT2D eigenvalue weighted by Crippen LogP contribution is -1.91. The molecule has 0 spiro atoms. The van der Waals surface area contributed by atoms with Crippen LogP contribution in [-0.4, -0.2) is 5.75 Å². The quantitative estimate of drug-likeness (QED) is 0.669. The third kappa shape index (κ3) is 3.40. The highest BCUT2D eigenvalue weighted by Crippen LogP contribution is 2.36. The maximum absolute atomic E-state index is 9.33. The van der Waals surface area contributed by atoms with Crippen LogP contribution >= 0.6 is 35.0 Å². The Labute approximate surface area is 132 Å². The van der Waals surface area contributed by atoms with Crippen LogP contribution in [-0.2, 0) is 0 Å². The average Bonchev–Trinajstić information content (AvgIpc) is 2.43. The molecule has 0 unspecified atom stereocenters. The second-order valence-electron chi connectivity index (χ2n) is 3.85. The van der Waals surface area contributed by atoms with Crippen molar-refractivity contribution in [3.63, 3.8) is 0 Å². The molecule has 0 aliphatic heterocycles. The lowest BCUT2D eigenvalue weighted by molar-refractivity contribution is 0.480. The van der Waals surface area contributed by atoms with Gasteiger partial charge in [-0.1, -0.05) is 36.2 Å². The minimum absolute atomic E-state index is 0.439. The zero-order valence-electron chi connectivity index (χ0n) is 10.7. The average molecular weight is 324 g/mol. The zero-order valence-corrected chi connectivity index (χ0v) is 13.0. The smallest absolute Gasteiger partial charge is 0.147 e. The van der Waals surface area contributed by atoms with Crippen molar-refractivity contribution in [2.45, 2.75) is 11.8 Å². The van der Waals surface area contributed by atoms with Crippen molar-refractivity contribution < 1.29 is 4.74 Å². The number of halogens is 2. The molecule has 2 aromatic rings. The first-order valence-corrected chi connectivity index (χ1v) is 7.68. The van der Waals surface area contributed by atoms with Crippen LogP contribution < -0.4 is 4.74 Å². The van der Waals surface area contributed by atoms with Crippen molar-refractivity contribution in [1.29, 1.82) is 5.26 Å². The molecule has 0 saturated carbocycles. The minimum atomic E-state index is 0.439. The number of hydrogen-bond donors (Lipinski definition) is 0. The summed E-state index contributed by atoms with van der Waals surface area (Å²) in [5.74, 6) is 1.81. The Morgan fingerprint density at radius 1 is 1.20 bits per heavy atom. The molecule has 0 heterocycles. The second-order valence-corrected chi connectivity index (χ2v) is 6.00. The summed E-state index contributed by atoms with van der Waals surface area (Å²) in [6.07, 6.45) is 0. The number of benzene rings is 2. The highest BCUT2D eigenvalue weighted by molar-refractivity contribution is 7.99. The Morgan fingerprint density at radius 3 is 2.70 bits per heavy atom. The monoisotopic (exact) mass is 323 g/mol. The van der Waals surface area contributed by atoms with Gasteiger partial charge in [-0.3, -0.25) is 0 Å². The van der Waals surface area contributed by atoms with Gasteiger partial charge in [0.05, 0.1) is 5.02 Å². The zero-order chi connectivity index (χ0) is 14.5. The summed E-state index contributed by atoms with van der Waals surface area (Å²) in [4.78, 5) is 0.894. The van der Waals surface area contributed by atoms with Crippen LogP contribution in [0.4, 0.5) is 0 Å². The predicted octanol–water partition coefficient (Wildman–Crippen LogP) is 5.77. The largest absolute Gasteiger partial charge is 0.454 e. The lowest BCUT2D eigenvalue weighted by Gasteiger charge is -2.11. The van der Waals surface area contributed by atoms with Crippen LogP contribution in [0.5, 0.6) is 11.5 Å². The van der Waals surface area contributed by atoms with Crippen molar-refractivity contribution in [3.05, 3.63) is 52.0 Å². The first kappa shape index (κ1) is 15.1.